The Bertz CT molecular complexity index is 2070. The number of likely N-dealkylation sites (N-methyl/N-ethyl adjacent to an activating group) is 1. The molecule has 1 unspecified atom stereocenters. The second-order valence-electron chi connectivity index (χ2n) is 11.7. The fourth-order valence-corrected chi connectivity index (χ4v) is 7.08. The molecule has 0 aliphatic carbocycles. The number of nitrogens with one attached hydrogen (secondary N) is 3. The molecule has 4 N–H and O–H groups in total. The van der Waals surface area contributed by atoms with Gasteiger partial charge in [-0.05, 0) is 44.5 Å². The molecular formula is C31H31F3N8O3. The van der Waals surface area contributed by atoms with Crippen molar-refractivity contribution in [3.8, 4) is 11.1 Å². The SMILES string of the molecule is CCNc1cc(C(F)(F)F)cc2c1[nH]c1ncc(-c3cnc4c(c3)c(=O)c(C(=O)O)cn4NC)c(N3CCC4CN(C)C[C@H]43)c12. The van der Waals surface area contributed by atoms with Gasteiger partial charge in [0.25, 0.3) is 0 Å². The van der Waals surface area contributed by atoms with Crippen molar-refractivity contribution < 1.29 is 23.1 Å². The van der Waals surface area contributed by atoms with E-state index >= 15 is 0 Å². The molecular weight excluding hydrogens is 589 g/mol. The molecule has 0 radical (unpaired) electrons. The normalized spacial score (nSPS) is 18.8. The zero-order chi connectivity index (χ0) is 31.8. The van der Waals surface area contributed by atoms with Gasteiger partial charge in [0, 0.05) is 74.4 Å². The third kappa shape index (κ3) is 4.54. The molecule has 2 atom stereocenters. The van der Waals surface area contributed by atoms with Crippen LogP contribution in [0.3, 0.4) is 0 Å². The van der Waals surface area contributed by atoms with Crippen molar-refractivity contribution in [3.05, 3.63) is 58.1 Å². The standard InChI is InChI=1S/C31H31F3N8O3/c1-4-36-22-9-17(31(32,33)34)8-18-24-26(41-6-5-15-12-40(3)14-23(15)41)20(11-37-28(24)39-25(18)22)16-7-19-27(43)21(30(44)45)13-42(35-2)29(19)38-10-16/h7-11,13,15,23,35-36H,4-6,12,14H2,1-3H3,(H,37,39)(H,44,45)/t15?,23-/m1/s1. The van der Waals surface area contributed by atoms with Crippen LogP contribution < -0.4 is 21.1 Å². The van der Waals surface area contributed by atoms with Gasteiger partial charge in [0.1, 0.15) is 11.2 Å². The lowest BCUT2D eigenvalue weighted by Gasteiger charge is -2.29. The zero-order valence-electron chi connectivity index (χ0n) is 24.8. The smallest absolute Gasteiger partial charge is 0.416 e. The molecule has 11 nitrogen and oxygen atoms in total. The van der Waals surface area contributed by atoms with Gasteiger partial charge in [-0.25, -0.2) is 19.4 Å². The summed E-state index contributed by atoms with van der Waals surface area (Å²) in [6.45, 7) is 4.64. The largest absolute Gasteiger partial charge is 0.477 e. The topological polar surface area (TPSA) is 131 Å². The average Bonchev–Trinajstić information content (AvgIpc) is 3.68. The minimum absolute atomic E-state index is 0.0837. The van der Waals surface area contributed by atoms with Crippen LogP contribution in [-0.2, 0) is 6.18 Å². The zero-order valence-corrected chi connectivity index (χ0v) is 24.8. The summed E-state index contributed by atoms with van der Waals surface area (Å²) < 4.78 is 43.9. The van der Waals surface area contributed by atoms with Crippen molar-refractivity contribution in [1.29, 1.82) is 0 Å². The fraction of sp³-hybridized carbons (Fsp3) is 0.355. The number of H-pyrrole nitrogens is 1. The van der Waals surface area contributed by atoms with E-state index in [9.17, 15) is 27.9 Å². The molecule has 2 aliphatic heterocycles. The van der Waals surface area contributed by atoms with E-state index in [1.54, 1.807) is 25.5 Å². The first-order valence-electron chi connectivity index (χ1n) is 14.7. The van der Waals surface area contributed by atoms with Gasteiger partial charge in [0.05, 0.1) is 33.2 Å². The van der Waals surface area contributed by atoms with E-state index in [1.165, 1.54) is 16.9 Å². The first-order valence-corrected chi connectivity index (χ1v) is 14.7. The number of alkyl halides is 3. The first-order chi connectivity index (χ1) is 21.5. The average molecular weight is 621 g/mol. The van der Waals surface area contributed by atoms with Crippen LogP contribution in [0.2, 0.25) is 0 Å². The molecule has 234 valence electrons. The predicted octanol–water partition coefficient (Wildman–Crippen LogP) is 4.56. The summed E-state index contributed by atoms with van der Waals surface area (Å²) >= 11 is 0. The third-order valence-electron chi connectivity index (χ3n) is 9.04. The third-order valence-corrected chi connectivity index (χ3v) is 9.04. The maximum Gasteiger partial charge on any atom is 0.416 e. The quantitative estimate of drug-likeness (QED) is 0.216. The van der Waals surface area contributed by atoms with Crippen LogP contribution in [0.25, 0.3) is 44.1 Å². The summed E-state index contributed by atoms with van der Waals surface area (Å²) in [7, 11) is 3.64. The van der Waals surface area contributed by atoms with Crippen LogP contribution in [0.5, 0.6) is 0 Å². The number of carbonyl (C=O) groups is 1. The number of hydrogen-bond acceptors (Lipinski definition) is 8. The van der Waals surface area contributed by atoms with Gasteiger partial charge in [-0.2, -0.15) is 13.2 Å². The summed E-state index contributed by atoms with van der Waals surface area (Å²) in [4.78, 5) is 42.2. The molecule has 1 aromatic carbocycles. The van der Waals surface area contributed by atoms with Crippen molar-refractivity contribution in [1.82, 2.24) is 24.5 Å². The maximum absolute atomic E-state index is 14.2. The van der Waals surface area contributed by atoms with Gasteiger partial charge < -0.3 is 30.6 Å². The Kier molecular flexibility index (Phi) is 6.65. The number of pyridine rings is 3. The van der Waals surface area contributed by atoms with Gasteiger partial charge in [0.2, 0.25) is 5.43 Å². The summed E-state index contributed by atoms with van der Waals surface area (Å²) in [6.07, 6.45) is 0.763. The fourth-order valence-electron chi connectivity index (χ4n) is 7.08. The van der Waals surface area contributed by atoms with Crippen LogP contribution in [0.4, 0.5) is 24.5 Å². The molecule has 4 aromatic heterocycles. The van der Waals surface area contributed by atoms with Crippen molar-refractivity contribution in [3.63, 3.8) is 0 Å². The molecule has 14 heteroatoms. The Hall–Kier alpha value is -4.85. The number of carboxylic acid groups (broad SMARTS) is 1. The summed E-state index contributed by atoms with van der Waals surface area (Å²) in [6, 6.07) is 3.99. The van der Waals surface area contributed by atoms with Crippen LogP contribution in [0, 0.1) is 5.92 Å². The Morgan fingerprint density at radius 3 is 2.67 bits per heavy atom. The van der Waals surface area contributed by atoms with Crippen molar-refractivity contribution in [2.75, 3.05) is 55.9 Å². The van der Waals surface area contributed by atoms with Crippen molar-refractivity contribution >= 4 is 50.3 Å². The van der Waals surface area contributed by atoms with E-state index in [4.69, 9.17) is 0 Å². The monoisotopic (exact) mass is 620 g/mol. The Balaban J connectivity index is 1.56. The number of halogens is 3. The Labute approximate surface area is 254 Å². The second kappa shape index (κ2) is 10.4. The highest BCUT2D eigenvalue weighted by Crippen LogP contribution is 2.47. The van der Waals surface area contributed by atoms with Gasteiger partial charge in [-0.1, -0.05) is 0 Å². The van der Waals surface area contributed by atoms with E-state index in [0.29, 0.717) is 63.4 Å². The summed E-state index contributed by atoms with van der Waals surface area (Å²) in [5.41, 5.74) is 4.27. The second-order valence-corrected chi connectivity index (χ2v) is 11.7. The van der Waals surface area contributed by atoms with Crippen molar-refractivity contribution in [2.45, 2.75) is 25.6 Å². The molecule has 2 fully saturated rings. The highest BCUT2D eigenvalue weighted by Gasteiger charge is 2.42. The van der Waals surface area contributed by atoms with E-state index in [0.717, 1.165) is 25.6 Å². The Morgan fingerprint density at radius 2 is 1.96 bits per heavy atom. The van der Waals surface area contributed by atoms with Crippen LogP contribution in [0.15, 0.2) is 41.6 Å². The molecule has 5 aromatic rings. The van der Waals surface area contributed by atoms with Crippen LogP contribution >= 0.6 is 0 Å². The van der Waals surface area contributed by atoms with Crippen LogP contribution in [-0.4, -0.2) is 81.9 Å². The van der Waals surface area contributed by atoms with Crippen LogP contribution in [0.1, 0.15) is 29.3 Å². The molecule has 45 heavy (non-hydrogen) atoms. The molecule has 6 heterocycles. The van der Waals surface area contributed by atoms with Gasteiger partial charge >= 0.3 is 12.1 Å². The number of anilines is 2. The molecule has 2 saturated heterocycles. The van der Waals surface area contributed by atoms with Gasteiger partial charge in [0.15, 0.2) is 5.65 Å². The van der Waals surface area contributed by atoms with E-state index < -0.39 is 28.7 Å². The number of rotatable bonds is 6. The Morgan fingerprint density at radius 1 is 1.16 bits per heavy atom. The number of likely N-dealkylation sites (tertiary alicyclic amines) is 1. The van der Waals surface area contributed by atoms with E-state index in [2.05, 4.69) is 42.5 Å². The summed E-state index contributed by atoms with van der Waals surface area (Å²) in [5, 5.41) is 13.8. The number of fused-ring (bicyclic) bond motifs is 5. The number of aromatic nitrogens is 4. The van der Waals surface area contributed by atoms with Crippen molar-refractivity contribution in [2.24, 2.45) is 5.92 Å². The number of nitrogens with zero attached hydrogens (tertiary/aromatic N) is 5. The number of carboxylic acids is 1. The number of hydrogen-bond donors (Lipinski definition) is 4. The molecule has 7 rings (SSSR count). The molecule has 0 amide bonds. The molecule has 0 bridgehead atoms. The highest BCUT2D eigenvalue weighted by atomic mass is 19.4. The predicted molar refractivity (Wildman–Crippen MR) is 167 cm³/mol. The van der Waals surface area contributed by atoms with Gasteiger partial charge in [-0.3, -0.25) is 4.79 Å². The number of benzene rings is 1. The maximum atomic E-state index is 14.2. The number of aromatic carboxylic acids is 1. The first kappa shape index (κ1) is 28.9. The summed E-state index contributed by atoms with van der Waals surface area (Å²) in [5.74, 6) is -0.987. The lowest BCUT2D eigenvalue weighted by atomic mass is 9.99. The molecule has 0 saturated carbocycles. The lowest BCUT2D eigenvalue weighted by molar-refractivity contribution is -0.137. The van der Waals surface area contributed by atoms with Gasteiger partial charge in [-0.15, -0.1) is 0 Å². The minimum atomic E-state index is -4.57. The molecule has 0 spiro atoms. The number of aromatic amines is 1. The minimum Gasteiger partial charge on any atom is -0.477 e. The van der Waals surface area contributed by atoms with E-state index in [1.807, 2.05) is 6.92 Å². The molecule has 2 aliphatic rings. The lowest BCUT2D eigenvalue weighted by Crippen LogP contribution is -2.35. The highest BCUT2D eigenvalue weighted by molar-refractivity contribution is 6.18. The van der Waals surface area contributed by atoms with E-state index in [-0.39, 0.29) is 17.1 Å².